The Labute approximate surface area is 189 Å². The van der Waals surface area contributed by atoms with Crippen LogP contribution in [0.3, 0.4) is 0 Å². The first-order chi connectivity index (χ1) is 15.6. The Hall–Kier alpha value is -2.81. The van der Waals surface area contributed by atoms with Crippen molar-refractivity contribution in [2.45, 2.75) is 44.4 Å². The van der Waals surface area contributed by atoms with Crippen molar-refractivity contribution in [3.05, 3.63) is 84.5 Å². The summed E-state index contributed by atoms with van der Waals surface area (Å²) in [5.41, 5.74) is 1.34. The lowest BCUT2D eigenvalue weighted by Gasteiger charge is -2.56. The lowest BCUT2D eigenvalue weighted by molar-refractivity contribution is -0.147. The molecule has 0 aliphatic heterocycles. The molecule has 1 heterocycles. The SMILES string of the molecule is O=C([CH]c1ccncc1)C(C(=O)C12CC3CC(CC(C3)C1)C2)c1cccc2ccccc12. The summed E-state index contributed by atoms with van der Waals surface area (Å²) in [5.74, 6) is 1.31. The first-order valence-corrected chi connectivity index (χ1v) is 11.9. The molecule has 0 amide bonds. The molecule has 4 aliphatic carbocycles. The van der Waals surface area contributed by atoms with E-state index in [0.29, 0.717) is 17.8 Å². The quantitative estimate of drug-likeness (QED) is 0.463. The van der Waals surface area contributed by atoms with Gasteiger partial charge in [0.15, 0.2) is 11.6 Å². The summed E-state index contributed by atoms with van der Waals surface area (Å²) in [6.45, 7) is 0. The second kappa shape index (κ2) is 7.65. The number of carbonyl (C=O) groups is 2. The zero-order chi connectivity index (χ0) is 21.7. The predicted octanol–water partition coefficient (Wildman–Crippen LogP) is 5.93. The molecule has 1 atom stereocenters. The van der Waals surface area contributed by atoms with E-state index in [0.717, 1.165) is 41.2 Å². The summed E-state index contributed by atoms with van der Waals surface area (Å²) in [5, 5.41) is 2.08. The van der Waals surface area contributed by atoms with Crippen LogP contribution in [-0.2, 0) is 9.59 Å². The normalized spacial score (nSPS) is 29.2. The third-order valence-corrected chi connectivity index (χ3v) is 8.26. The summed E-state index contributed by atoms with van der Waals surface area (Å²) >= 11 is 0. The molecule has 161 valence electrons. The van der Waals surface area contributed by atoms with E-state index in [1.165, 1.54) is 19.3 Å². The van der Waals surface area contributed by atoms with Crippen LogP contribution in [0.1, 0.15) is 55.6 Å². The number of aromatic nitrogens is 1. The van der Waals surface area contributed by atoms with Crippen LogP contribution in [0.15, 0.2) is 67.0 Å². The molecule has 1 aromatic heterocycles. The molecular formula is C29H28NO2. The van der Waals surface area contributed by atoms with Crippen molar-refractivity contribution in [2.24, 2.45) is 23.2 Å². The molecule has 3 heteroatoms. The number of benzene rings is 2. The van der Waals surface area contributed by atoms with Crippen LogP contribution < -0.4 is 0 Å². The first-order valence-electron chi connectivity index (χ1n) is 11.9. The average molecular weight is 423 g/mol. The van der Waals surface area contributed by atoms with Crippen molar-refractivity contribution in [3.8, 4) is 0 Å². The van der Waals surface area contributed by atoms with Gasteiger partial charge in [0.25, 0.3) is 0 Å². The molecule has 3 aromatic rings. The minimum Gasteiger partial charge on any atom is -0.298 e. The van der Waals surface area contributed by atoms with Gasteiger partial charge in [-0.05, 0) is 90.3 Å². The number of carbonyl (C=O) groups excluding carboxylic acids is 2. The third kappa shape index (κ3) is 3.30. The Morgan fingerprint density at radius 1 is 0.844 bits per heavy atom. The second-order valence-corrected chi connectivity index (χ2v) is 10.4. The third-order valence-electron chi connectivity index (χ3n) is 8.26. The number of pyridine rings is 1. The van der Waals surface area contributed by atoms with Crippen LogP contribution >= 0.6 is 0 Å². The highest BCUT2D eigenvalue weighted by molar-refractivity contribution is 6.16. The van der Waals surface area contributed by atoms with Crippen LogP contribution in [-0.4, -0.2) is 16.6 Å². The van der Waals surface area contributed by atoms with Crippen LogP contribution in [0, 0.1) is 29.6 Å². The highest BCUT2D eigenvalue weighted by Crippen LogP contribution is 2.61. The molecule has 7 rings (SSSR count). The van der Waals surface area contributed by atoms with E-state index < -0.39 is 5.92 Å². The van der Waals surface area contributed by atoms with Crippen molar-refractivity contribution in [1.82, 2.24) is 4.98 Å². The first kappa shape index (κ1) is 19.8. The molecule has 0 spiro atoms. The van der Waals surface area contributed by atoms with Gasteiger partial charge in [0.05, 0.1) is 6.42 Å². The van der Waals surface area contributed by atoms with E-state index in [9.17, 15) is 9.59 Å². The summed E-state index contributed by atoms with van der Waals surface area (Å²) in [6, 6.07) is 17.8. The van der Waals surface area contributed by atoms with Gasteiger partial charge in [-0.2, -0.15) is 0 Å². The Morgan fingerprint density at radius 3 is 2.16 bits per heavy atom. The van der Waals surface area contributed by atoms with Crippen molar-refractivity contribution in [3.63, 3.8) is 0 Å². The number of ketones is 2. The number of nitrogens with zero attached hydrogens (tertiary/aromatic N) is 1. The Balaban J connectivity index is 1.44. The molecule has 4 aliphatic rings. The molecule has 1 unspecified atom stereocenters. The van der Waals surface area contributed by atoms with Crippen molar-refractivity contribution >= 4 is 22.3 Å². The number of rotatable bonds is 6. The van der Waals surface area contributed by atoms with Crippen LogP contribution in [0.4, 0.5) is 0 Å². The lowest BCUT2D eigenvalue weighted by atomic mass is 9.47. The molecule has 2 aromatic carbocycles. The highest BCUT2D eigenvalue weighted by atomic mass is 16.2. The maximum Gasteiger partial charge on any atom is 0.156 e. The van der Waals surface area contributed by atoms with Gasteiger partial charge in [-0.1, -0.05) is 42.5 Å². The molecule has 0 N–H and O–H groups in total. The van der Waals surface area contributed by atoms with Crippen molar-refractivity contribution in [1.29, 1.82) is 0 Å². The molecule has 4 saturated carbocycles. The second-order valence-electron chi connectivity index (χ2n) is 10.4. The maximum atomic E-state index is 14.4. The molecule has 4 bridgehead atoms. The van der Waals surface area contributed by atoms with Gasteiger partial charge in [0, 0.05) is 17.8 Å². The Kier molecular flexibility index (Phi) is 4.74. The number of fused-ring (bicyclic) bond motifs is 1. The zero-order valence-electron chi connectivity index (χ0n) is 18.2. The highest BCUT2D eigenvalue weighted by Gasteiger charge is 2.56. The number of hydrogen-bond donors (Lipinski definition) is 0. The minimum absolute atomic E-state index is 0.103. The largest absolute Gasteiger partial charge is 0.298 e. The lowest BCUT2D eigenvalue weighted by Crippen LogP contribution is -2.52. The van der Waals surface area contributed by atoms with E-state index in [1.54, 1.807) is 18.8 Å². The molecular weight excluding hydrogens is 394 g/mol. The predicted molar refractivity (Wildman–Crippen MR) is 125 cm³/mol. The van der Waals surface area contributed by atoms with Gasteiger partial charge in [0.1, 0.15) is 5.92 Å². The van der Waals surface area contributed by atoms with Gasteiger partial charge in [-0.3, -0.25) is 14.6 Å². The van der Waals surface area contributed by atoms with Gasteiger partial charge >= 0.3 is 0 Å². The van der Waals surface area contributed by atoms with Crippen molar-refractivity contribution < 1.29 is 9.59 Å². The molecule has 4 fully saturated rings. The topological polar surface area (TPSA) is 47.0 Å². The smallest absolute Gasteiger partial charge is 0.156 e. The molecule has 0 saturated heterocycles. The zero-order valence-corrected chi connectivity index (χ0v) is 18.2. The number of hydrogen-bond acceptors (Lipinski definition) is 3. The monoisotopic (exact) mass is 422 g/mol. The Bertz CT molecular complexity index is 1140. The maximum absolute atomic E-state index is 14.4. The molecule has 32 heavy (non-hydrogen) atoms. The average Bonchev–Trinajstić information content (AvgIpc) is 2.79. The number of Topliss-reactive ketones (excluding diaryl/α,β-unsaturated/α-hetero) is 2. The summed E-state index contributed by atoms with van der Waals surface area (Å²) in [7, 11) is 0. The van der Waals surface area contributed by atoms with E-state index in [1.807, 2.05) is 42.5 Å². The fraction of sp³-hybridized carbons (Fsp3) is 0.379. The van der Waals surface area contributed by atoms with E-state index in [4.69, 9.17) is 0 Å². The standard InChI is InChI=1S/C29H28NO2/c31-26(15-19-8-10-30-11-9-19)27(25-7-3-5-23-4-1-2-6-24(23)25)28(32)29-16-20-12-21(17-29)14-22(13-20)18-29/h1-11,15,20-22,27H,12-14,16-18H2. The van der Waals surface area contributed by atoms with Crippen LogP contribution in [0.25, 0.3) is 10.8 Å². The van der Waals surface area contributed by atoms with Crippen molar-refractivity contribution in [2.75, 3.05) is 0 Å². The van der Waals surface area contributed by atoms with E-state index in [-0.39, 0.29) is 17.0 Å². The molecule has 3 nitrogen and oxygen atoms in total. The summed E-state index contributed by atoms with van der Waals surface area (Å²) in [4.78, 5) is 32.3. The van der Waals surface area contributed by atoms with Gasteiger partial charge in [-0.25, -0.2) is 0 Å². The van der Waals surface area contributed by atoms with E-state index in [2.05, 4.69) is 17.1 Å². The Morgan fingerprint density at radius 2 is 1.47 bits per heavy atom. The fourth-order valence-electron chi connectivity index (χ4n) is 7.35. The van der Waals surface area contributed by atoms with Crippen LogP contribution in [0.2, 0.25) is 0 Å². The van der Waals surface area contributed by atoms with Gasteiger partial charge in [-0.15, -0.1) is 0 Å². The van der Waals surface area contributed by atoms with Gasteiger partial charge < -0.3 is 0 Å². The minimum atomic E-state index is -0.745. The van der Waals surface area contributed by atoms with E-state index >= 15 is 0 Å². The molecule has 1 radical (unpaired) electrons. The van der Waals surface area contributed by atoms with Crippen LogP contribution in [0.5, 0.6) is 0 Å². The summed E-state index contributed by atoms with van der Waals surface area (Å²) < 4.78 is 0. The fourth-order valence-corrected chi connectivity index (χ4v) is 7.35. The van der Waals surface area contributed by atoms with Gasteiger partial charge in [0.2, 0.25) is 0 Å². The summed E-state index contributed by atoms with van der Waals surface area (Å²) in [6.07, 6.45) is 11.8.